The first kappa shape index (κ1) is 22.1. The van der Waals surface area contributed by atoms with Crippen molar-refractivity contribution >= 4 is 46.6 Å². The summed E-state index contributed by atoms with van der Waals surface area (Å²) in [6.07, 6.45) is 0.948. The third kappa shape index (κ3) is 9.79. The number of ether oxygens (including phenoxy) is 1. The predicted octanol–water partition coefficient (Wildman–Crippen LogP) is 4.26. The van der Waals surface area contributed by atoms with Crippen LogP contribution in [0.2, 0.25) is 0 Å². The number of halogens is 5. The van der Waals surface area contributed by atoms with Crippen molar-refractivity contribution in [3.63, 3.8) is 0 Å². The summed E-state index contributed by atoms with van der Waals surface area (Å²) in [7, 11) is 0. The molecular formula is C14H18Cl3F2NO3. The smallest absolute Gasteiger partial charge is 0.343 e. The topological polar surface area (TPSA) is 46.6 Å². The number of nitrogens with zero attached hydrogens (tertiary/aromatic N) is 1. The second-order valence-electron chi connectivity index (χ2n) is 4.42. The van der Waals surface area contributed by atoms with Gasteiger partial charge < -0.3 is 9.64 Å². The molecule has 0 aromatic carbocycles. The highest BCUT2D eigenvalue weighted by molar-refractivity contribution is 6.58. The summed E-state index contributed by atoms with van der Waals surface area (Å²) in [5.74, 6) is -2.45. The van der Waals surface area contributed by atoms with Gasteiger partial charge in [0, 0.05) is 24.8 Å². The van der Waals surface area contributed by atoms with E-state index in [9.17, 15) is 18.4 Å². The monoisotopic (exact) mass is 391 g/mol. The average Bonchev–Trinajstić information content (AvgIpc) is 2.53. The van der Waals surface area contributed by atoms with Crippen molar-refractivity contribution in [2.75, 3.05) is 19.7 Å². The van der Waals surface area contributed by atoms with Crippen LogP contribution in [-0.4, -0.2) is 42.8 Å². The van der Waals surface area contributed by atoms with E-state index < -0.39 is 23.8 Å². The number of hydrogen-bond donors (Lipinski definition) is 0. The van der Waals surface area contributed by atoms with Crippen molar-refractivity contribution in [2.24, 2.45) is 0 Å². The normalized spacial score (nSPS) is 14.7. The Bertz CT molecular complexity index is 447. The first-order valence-electron chi connectivity index (χ1n) is 6.90. The van der Waals surface area contributed by atoms with Crippen LogP contribution in [0.25, 0.3) is 0 Å². The van der Waals surface area contributed by atoms with Gasteiger partial charge in [-0.1, -0.05) is 34.8 Å². The number of esters is 1. The maximum absolute atomic E-state index is 12.4. The number of carbonyl (C=O) groups is 2. The second kappa shape index (κ2) is 12.6. The average molecular weight is 393 g/mol. The van der Waals surface area contributed by atoms with Gasteiger partial charge in [-0.05, 0) is 26.2 Å². The van der Waals surface area contributed by atoms with Gasteiger partial charge in [0.1, 0.15) is 10.1 Å². The zero-order valence-corrected chi connectivity index (χ0v) is 14.8. The molecule has 1 aliphatic heterocycles. The number of Topliss-reactive ketones (excluding diaryl/α,β-unsaturated/α-hetero) is 1. The third-order valence-corrected chi connectivity index (χ3v) is 3.40. The Labute approximate surface area is 149 Å². The molecule has 0 radical (unpaired) electrons. The summed E-state index contributed by atoms with van der Waals surface area (Å²) < 4.78 is 29.6. The Balaban J connectivity index is 0.000000841. The Hall–Kier alpha value is -0.850. The van der Waals surface area contributed by atoms with Crippen LogP contribution in [0.4, 0.5) is 8.78 Å². The summed E-state index contributed by atoms with van der Waals surface area (Å²) >= 11 is 14.8. The van der Waals surface area contributed by atoms with Gasteiger partial charge in [0.15, 0.2) is 0 Å². The van der Waals surface area contributed by atoms with E-state index in [2.05, 4.69) is 4.74 Å². The quantitative estimate of drug-likeness (QED) is 0.304. The first-order chi connectivity index (χ1) is 10.8. The number of ketones is 1. The first-order valence-corrected chi connectivity index (χ1v) is 8.09. The molecule has 0 N–H and O–H groups in total. The summed E-state index contributed by atoms with van der Waals surface area (Å²) in [5.41, 5.74) is 0.525. The molecule has 1 aliphatic rings. The van der Waals surface area contributed by atoms with E-state index in [0.29, 0.717) is 13.1 Å². The van der Waals surface area contributed by atoms with E-state index in [0.717, 1.165) is 24.8 Å². The molecule has 0 spiro atoms. The molecule has 1 heterocycles. The zero-order valence-electron chi connectivity index (χ0n) is 12.5. The molecule has 0 aromatic heterocycles. The number of rotatable bonds is 5. The van der Waals surface area contributed by atoms with Crippen molar-refractivity contribution < 1.29 is 23.1 Å². The molecule has 0 unspecified atom stereocenters. The van der Waals surface area contributed by atoms with Crippen LogP contribution in [0.1, 0.15) is 26.2 Å². The molecule has 1 rings (SSSR count). The van der Waals surface area contributed by atoms with E-state index in [-0.39, 0.29) is 11.1 Å². The van der Waals surface area contributed by atoms with Crippen molar-refractivity contribution in [3.05, 3.63) is 21.8 Å². The molecule has 132 valence electrons. The maximum Gasteiger partial charge on any atom is 0.343 e. The fourth-order valence-corrected chi connectivity index (χ4v) is 1.77. The summed E-state index contributed by atoms with van der Waals surface area (Å²) in [6, 6.07) is 0. The van der Waals surface area contributed by atoms with E-state index in [4.69, 9.17) is 34.8 Å². The van der Waals surface area contributed by atoms with Crippen LogP contribution in [0.3, 0.4) is 0 Å². The van der Waals surface area contributed by atoms with Crippen LogP contribution in [-0.2, 0) is 14.3 Å². The number of alkyl halides is 2. The molecule has 4 nitrogen and oxygen atoms in total. The van der Waals surface area contributed by atoms with E-state index in [1.165, 1.54) is 6.20 Å². The predicted molar refractivity (Wildman–Crippen MR) is 86.8 cm³/mol. The molecular weight excluding hydrogens is 375 g/mol. The van der Waals surface area contributed by atoms with Gasteiger partial charge in [0.25, 0.3) is 0 Å². The van der Waals surface area contributed by atoms with Crippen molar-refractivity contribution in [1.29, 1.82) is 0 Å². The lowest BCUT2D eigenvalue weighted by atomic mass is 10.1. The van der Waals surface area contributed by atoms with Gasteiger partial charge in [0.2, 0.25) is 5.78 Å². The maximum atomic E-state index is 12.4. The Kier molecular flexibility index (Phi) is 12.1. The van der Waals surface area contributed by atoms with Crippen LogP contribution >= 0.6 is 34.8 Å². The molecule has 0 atom stereocenters. The van der Waals surface area contributed by atoms with Crippen LogP contribution in [0.15, 0.2) is 21.8 Å². The lowest BCUT2D eigenvalue weighted by Gasteiger charge is -2.25. The lowest BCUT2D eigenvalue weighted by molar-refractivity contribution is -0.141. The van der Waals surface area contributed by atoms with Gasteiger partial charge >= 0.3 is 12.4 Å². The molecule has 0 amide bonds. The van der Waals surface area contributed by atoms with Gasteiger partial charge in [0.05, 0.1) is 6.61 Å². The highest BCUT2D eigenvalue weighted by Gasteiger charge is 2.28. The van der Waals surface area contributed by atoms with Gasteiger partial charge in [-0.2, -0.15) is 0 Å². The molecule has 0 bridgehead atoms. The Morgan fingerprint density at radius 1 is 1.22 bits per heavy atom. The summed E-state index contributed by atoms with van der Waals surface area (Å²) in [4.78, 5) is 24.5. The van der Waals surface area contributed by atoms with E-state index >= 15 is 0 Å². The minimum atomic E-state index is -3.19. The van der Waals surface area contributed by atoms with E-state index in [1.54, 1.807) is 11.8 Å². The number of carbonyl (C=O) groups excluding carboxylic acids is 2. The molecule has 0 aromatic rings. The molecule has 9 heteroatoms. The summed E-state index contributed by atoms with van der Waals surface area (Å²) in [6.45, 7) is 2.94. The minimum absolute atomic E-state index is 0.0483. The third-order valence-electron chi connectivity index (χ3n) is 2.74. The fraction of sp³-hybridized carbons (Fsp3) is 0.571. The van der Waals surface area contributed by atoms with Crippen LogP contribution < -0.4 is 0 Å². The van der Waals surface area contributed by atoms with Crippen molar-refractivity contribution in [1.82, 2.24) is 4.90 Å². The van der Waals surface area contributed by atoms with Gasteiger partial charge in [-0.3, -0.25) is 4.79 Å². The Morgan fingerprint density at radius 3 is 2.13 bits per heavy atom. The highest BCUT2D eigenvalue weighted by atomic mass is 35.5. The number of likely N-dealkylation sites (tertiary alicyclic amines) is 1. The molecule has 0 saturated carbocycles. The minimum Gasteiger partial charge on any atom is -0.462 e. The largest absolute Gasteiger partial charge is 0.462 e. The molecule has 0 aliphatic carbocycles. The van der Waals surface area contributed by atoms with Crippen molar-refractivity contribution in [3.8, 4) is 0 Å². The van der Waals surface area contributed by atoms with E-state index in [1.807, 2.05) is 0 Å². The number of piperidine rings is 1. The SMILES string of the molecule is CCOC(=O)C(=CN1CCCCC1)C(=O)C(F)F.ClC=C(Cl)Cl. The number of hydrogen-bond acceptors (Lipinski definition) is 4. The van der Waals surface area contributed by atoms with Crippen molar-refractivity contribution in [2.45, 2.75) is 32.6 Å². The lowest BCUT2D eigenvalue weighted by Crippen LogP contribution is -2.29. The fourth-order valence-electron chi connectivity index (χ4n) is 1.77. The summed E-state index contributed by atoms with van der Waals surface area (Å²) in [5, 5.41) is 0. The van der Waals surface area contributed by atoms with Crippen LogP contribution in [0.5, 0.6) is 0 Å². The zero-order chi connectivity index (χ0) is 17.8. The van der Waals surface area contributed by atoms with Gasteiger partial charge in [-0.25, -0.2) is 13.6 Å². The molecule has 23 heavy (non-hydrogen) atoms. The standard InChI is InChI=1S/C12H17F2NO3.C2HCl3/c1-2-18-12(17)9(10(16)11(13)14)8-15-6-4-3-5-7-15;3-1-2(4)5/h8,11H,2-7H2,1H3;1H. The Morgan fingerprint density at radius 2 is 1.74 bits per heavy atom. The van der Waals surface area contributed by atoms with Gasteiger partial charge in [-0.15, -0.1) is 0 Å². The van der Waals surface area contributed by atoms with Crippen LogP contribution in [0, 0.1) is 0 Å². The molecule has 1 fully saturated rings. The second-order valence-corrected chi connectivity index (χ2v) is 5.65. The molecule has 1 saturated heterocycles. The highest BCUT2D eigenvalue weighted by Crippen LogP contribution is 2.14.